The molecule has 0 radical (unpaired) electrons. The van der Waals surface area contributed by atoms with Crippen LogP contribution in [0.25, 0.3) is 0 Å². The summed E-state index contributed by atoms with van der Waals surface area (Å²) in [7, 11) is 0. The van der Waals surface area contributed by atoms with Crippen molar-refractivity contribution in [2.24, 2.45) is 5.41 Å². The van der Waals surface area contributed by atoms with Gasteiger partial charge in [0.25, 0.3) is 0 Å². The molecule has 3 heterocycles. The second-order valence-corrected chi connectivity index (χ2v) is 8.19. The molecule has 2 aromatic rings. The molecule has 2 aliphatic rings. The van der Waals surface area contributed by atoms with Gasteiger partial charge in [-0.15, -0.1) is 0 Å². The molecule has 2 aliphatic heterocycles. The number of piperidine rings is 1. The fourth-order valence-corrected chi connectivity index (χ4v) is 4.30. The molecular formula is C22H29N3O2. The van der Waals surface area contributed by atoms with Gasteiger partial charge in [0, 0.05) is 49.5 Å². The Morgan fingerprint density at radius 1 is 1.22 bits per heavy atom. The summed E-state index contributed by atoms with van der Waals surface area (Å²) in [6, 6.07) is 13.0. The zero-order valence-corrected chi connectivity index (χ0v) is 16.2. The summed E-state index contributed by atoms with van der Waals surface area (Å²) < 4.78 is 7.76. The molecule has 5 nitrogen and oxygen atoms in total. The Balaban J connectivity index is 1.32. The van der Waals surface area contributed by atoms with Crippen LogP contribution < -0.4 is 5.32 Å². The van der Waals surface area contributed by atoms with E-state index in [4.69, 9.17) is 4.74 Å². The highest BCUT2D eigenvalue weighted by atomic mass is 16.6. The zero-order chi connectivity index (χ0) is 18.9. The predicted octanol–water partition coefficient (Wildman–Crippen LogP) is 4.13. The van der Waals surface area contributed by atoms with Crippen LogP contribution in [0.3, 0.4) is 0 Å². The van der Waals surface area contributed by atoms with Crippen molar-refractivity contribution in [1.82, 2.24) is 14.8 Å². The number of hydrogen-bond acceptors (Lipinski definition) is 3. The maximum Gasteiger partial charge on any atom is 0.410 e. The van der Waals surface area contributed by atoms with E-state index in [9.17, 15) is 4.79 Å². The molecule has 27 heavy (non-hydrogen) atoms. The molecule has 2 fully saturated rings. The molecule has 0 bridgehead atoms. The monoisotopic (exact) mass is 367 g/mol. The van der Waals surface area contributed by atoms with Crippen LogP contribution in [0.1, 0.15) is 49.9 Å². The predicted molar refractivity (Wildman–Crippen MR) is 105 cm³/mol. The third kappa shape index (κ3) is 3.61. The fourth-order valence-electron chi connectivity index (χ4n) is 4.30. The number of carbonyl (C=O) groups excluding carboxylic acids is 1. The first-order chi connectivity index (χ1) is 13.1. The van der Waals surface area contributed by atoms with E-state index in [2.05, 4.69) is 42.2 Å². The number of carbonyl (C=O) groups is 1. The Morgan fingerprint density at radius 2 is 1.96 bits per heavy atom. The van der Waals surface area contributed by atoms with Crippen molar-refractivity contribution >= 4 is 6.09 Å². The lowest BCUT2D eigenvalue weighted by Gasteiger charge is -2.54. The average molecular weight is 367 g/mol. The van der Waals surface area contributed by atoms with Gasteiger partial charge in [-0.2, -0.15) is 0 Å². The van der Waals surface area contributed by atoms with Gasteiger partial charge in [0.1, 0.15) is 6.61 Å². The smallest absolute Gasteiger partial charge is 0.410 e. The van der Waals surface area contributed by atoms with E-state index in [-0.39, 0.29) is 11.5 Å². The molecule has 1 atom stereocenters. The molecule has 0 saturated carbocycles. The highest BCUT2D eigenvalue weighted by Gasteiger charge is 2.49. The minimum Gasteiger partial charge on any atom is -0.445 e. The Kier molecular flexibility index (Phi) is 4.96. The lowest BCUT2D eigenvalue weighted by atomic mass is 9.65. The second kappa shape index (κ2) is 7.39. The quantitative estimate of drug-likeness (QED) is 0.884. The van der Waals surface area contributed by atoms with Crippen molar-refractivity contribution < 1.29 is 9.53 Å². The number of amides is 1. The van der Waals surface area contributed by atoms with Gasteiger partial charge in [-0.3, -0.25) is 0 Å². The maximum atomic E-state index is 12.4. The summed E-state index contributed by atoms with van der Waals surface area (Å²) in [6.45, 7) is 7.33. The normalized spacial score (nSPS) is 21.3. The first-order valence-electron chi connectivity index (χ1n) is 9.94. The van der Waals surface area contributed by atoms with Crippen LogP contribution in [-0.2, 0) is 11.3 Å². The SMILES string of the molecule is CC(C)n1ccc(C2NCC23CCN(C(=O)OCc2ccccc2)CC3)c1. The van der Waals surface area contributed by atoms with Crippen molar-refractivity contribution in [2.75, 3.05) is 19.6 Å². The largest absolute Gasteiger partial charge is 0.445 e. The van der Waals surface area contributed by atoms with Gasteiger partial charge < -0.3 is 19.5 Å². The van der Waals surface area contributed by atoms with Gasteiger partial charge in [0.05, 0.1) is 0 Å². The highest BCUT2D eigenvalue weighted by molar-refractivity contribution is 5.67. The lowest BCUT2D eigenvalue weighted by molar-refractivity contribution is 0.0000628. The molecule has 1 N–H and O–H groups in total. The van der Waals surface area contributed by atoms with Crippen LogP contribution in [0.5, 0.6) is 0 Å². The molecule has 1 amide bonds. The molecule has 4 rings (SSSR count). The van der Waals surface area contributed by atoms with Crippen LogP contribution in [0, 0.1) is 5.41 Å². The van der Waals surface area contributed by atoms with Gasteiger partial charge in [0.2, 0.25) is 0 Å². The van der Waals surface area contributed by atoms with E-state index in [1.54, 1.807) is 0 Å². The third-order valence-corrected chi connectivity index (χ3v) is 6.16. The third-order valence-electron chi connectivity index (χ3n) is 6.16. The van der Waals surface area contributed by atoms with Gasteiger partial charge in [-0.05, 0) is 43.9 Å². The van der Waals surface area contributed by atoms with Crippen LogP contribution in [0.4, 0.5) is 4.79 Å². The number of nitrogens with zero attached hydrogens (tertiary/aromatic N) is 2. The van der Waals surface area contributed by atoms with Gasteiger partial charge >= 0.3 is 6.09 Å². The number of hydrogen-bond donors (Lipinski definition) is 1. The number of benzene rings is 1. The topological polar surface area (TPSA) is 46.5 Å². The van der Waals surface area contributed by atoms with E-state index >= 15 is 0 Å². The molecule has 144 valence electrons. The van der Waals surface area contributed by atoms with Crippen LogP contribution in [-0.4, -0.2) is 35.2 Å². The molecule has 1 unspecified atom stereocenters. The van der Waals surface area contributed by atoms with E-state index in [1.807, 2.05) is 35.2 Å². The summed E-state index contributed by atoms with van der Waals surface area (Å²) in [5.41, 5.74) is 2.67. The first-order valence-corrected chi connectivity index (χ1v) is 9.94. The lowest BCUT2D eigenvalue weighted by Crippen LogP contribution is -2.60. The van der Waals surface area contributed by atoms with Crippen molar-refractivity contribution in [3.8, 4) is 0 Å². The zero-order valence-electron chi connectivity index (χ0n) is 16.2. The van der Waals surface area contributed by atoms with Crippen molar-refractivity contribution in [2.45, 2.75) is 45.4 Å². The van der Waals surface area contributed by atoms with Crippen molar-refractivity contribution in [3.05, 3.63) is 59.9 Å². The Labute approximate surface area is 161 Å². The maximum absolute atomic E-state index is 12.4. The summed E-state index contributed by atoms with van der Waals surface area (Å²) in [5.74, 6) is 0. The number of ether oxygens (including phenoxy) is 1. The molecule has 2 saturated heterocycles. The van der Waals surface area contributed by atoms with E-state index in [1.165, 1.54) is 5.56 Å². The summed E-state index contributed by atoms with van der Waals surface area (Å²) in [6.07, 6.45) is 6.30. The minimum absolute atomic E-state index is 0.191. The van der Waals surface area contributed by atoms with E-state index < -0.39 is 0 Å². The highest BCUT2D eigenvalue weighted by Crippen LogP contribution is 2.48. The van der Waals surface area contributed by atoms with Crippen LogP contribution in [0.15, 0.2) is 48.8 Å². The van der Waals surface area contributed by atoms with Gasteiger partial charge in [-0.25, -0.2) is 4.79 Å². The fraction of sp³-hybridized carbons (Fsp3) is 0.500. The van der Waals surface area contributed by atoms with Gasteiger partial charge in [-0.1, -0.05) is 30.3 Å². The van der Waals surface area contributed by atoms with Crippen LogP contribution >= 0.6 is 0 Å². The summed E-state index contributed by atoms with van der Waals surface area (Å²) >= 11 is 0. The Morgan fingerprint density at radius 3 is 2.56 bits per heavy atom. The van der Waals surface area contributed by atoms with E-state index in [0.29, 0.717) is 18.7 Å². The summed E-state index contributed by atoms with van der Waals surface area (Å²) in [5, 5.41) is 3.62. The Bertz CT molecular complexity index is 776. The van der Waals surface area contributed by atoms with Crippen molar-refractivity contribution in [3.63, 3.8) is 0 Å². The molecule has 5 heteroatoms. The standard InChI is InChI=1S/C22H29N3O2/c1-17(2)25-11-8-19(14-25)20-22(16-23-20)9-12-24(13-10-22)21(26)27-15-18-6-4-3-5-7-18/h3-8,11,14,17,20,23H,9-10,12-13,15-16H2,1-2H3. The molecule has 1 aromatic carbocycles. The Hall–Kier alpha value is -2.27. The number of likely N-dealkylation sites (tertiary alicyclic amines) is 1. The minimum atomic E-state index is -0.191. The number of nitrogens with one attached hydrogen (secondary N) is 1. The molecule has 1 spiro atoms. The molecule has 1 aromatic heterocycles. The molecule has 0 aliphatic carbocycles. The van der Waals surface area contributed by atoms with Crippen LogP contribution in [0.2, 0.25) is 0 Å². The summed E-state index contributed by atoms with van der Waals surface area (Å²) in [4.78, 5) is 14.3. The van der Waals surface area contributed by atoms with Gasteiger partial charge in [0.15, 0.2) is 0 Å². The average Bonchev–Trinajstić information content (AvgIpc) is 3.16. The molecular weight excluding hydrogens is 338 g/mol. The van der Waals surface area contributed by atoms with E-state index in [0.717, 1.165) is 38.0 Å². The number of aromatic nitrogens is 1. The first kappa shape index (κ1) is 18.1. The number of rotatable bonds is 4. The van der Waals surface area contributed by atoms with Crippen molar-refractivity contribution in [1.29, 1.82) is 0 Å². The second-order valence-electron chi connectivity index (χ2n) is 8.19.